The summed E-state index contributed by atoms with van der Waals surface area (Å²) >= 11 is 0. The summed E-state index contributed by atoms with van der Waals surface area (Å²) in [5, 5.41) is 0. The van der Waals surface area contributed by atoms with Crippen molar-refractivity contribution in [2.45, 2.75) is 24.7 Å². The Bertz CT molecular complexity index is 846. The number of sulfonamides is 1. The molecular formula is C18H20N2O4S. The summed E-state index contributed by atoms with van der Waals surface area (Å²) in [4.78, 5) is 13.6. The van der Waals surface area contributed by atoms with Crippen molar-refractivity contribution in [2.75, 3.05) is 22.8 Å². The minimum Gasteiger partial charge on any atom is -0.494 e. The van der Waals surface area contributed by atoms with Crippen LogP contribution in [0.15, 0.2) is 53.4 Å². The van der Waals surface area contributed by atoms with Gasteiger partial charge in [0.15, 0.2) is 0 Å². The minimum absolute atomic E-state index is 0.0723. The summed E-state index contributed by atoms with van der Waals surface area (Å²) in [5.41, 5.74) is 1.18. The van der Waals surface area contributed by atoms with Crippen molar-refractivity contribution < 1.29 is 17.9 Å². The lowest BCUT2D eigenvalue weighted by molar-refractivity contribution is -0.117. The monoisotopic (exact) mass is 360 g/mol. The van der Waals surface area contributed by atoms with E-state index < -0.39 is 10.0 Å². The SMILES string of the molecule is CCOc1ccc(NS(=O)(=O)c2ccc(N3CCCC3=O)cc2)cc1. The van der Waals surface area contributed by atoms with Crippen LogP contribution in [0.25, 0.3) is 0 Å². The fourth-order valence-corrected chi connectivity index (χ4v) is 3.78. The smallest absolute Gasteiger partial charge is 0.261 e. The van der Waals surface area contributed by atoms with E-state index in [0.717, 1.165) is 12.1 Å². The predicted octanol–water partition coefficient (Wildman–Crippen LogP) is 3.01. The molecule has 0 spiro atoms. The Balaban J connectivity index is 1.74. The van der Waals surface area contributed by atoms with Crippen LogP contribution in [0.1, 0.15) is 19.8 Å². The molecule has 1 N–H and O–H groups in total. The van der Waals surface area contributed by atoms with Crippen molar-refractivity contribution in [2.24, 2.45) is 0 Å². The molecule has 132 valence electrons. The molecule has 2 aromatic rings. The Labute approximate surface area is 147 Å². The molecule has 2 aromatic carbocycles. The van der Waals surface area contributed by atoms with E-state index in [0.29, 0.717) is 31.0 Å². The molecule has 1 aliphatic rings. The standard InChI is InChI=1S/C18H20N2O4S/c1-2-24-16-9-5-14(6-10-16)19-25(22,23)17-11-7-15(8-12-17)20-13-3-4-18(20)21/h5-12,19H,2-4,13H2,1H3. The lowest BCUT2D eigenvalue weighted by atomic mass is 10.3. The van der Waals surface area contributed by atoms with Crippen molar-refractivity contribution in [3.8, 4) is 5.75 Å². The lowest BCUT2D eigenvalue weighted by Crippen LogP contribution is -2.23. The maximum absolute atomic E-state index is 12.5. The Morgan fingerprint density at radius 2 is 1.76 bits per heavy atom. The number of nitrogens with one attached hydrogen (secondary N) is 1. The van der Waals surface area contributed by atoms with Crippen LogP contribution in [0.5, 0.6) is 5.75 Å². The zero-order valence-corrected chi connectivity index (χ0v) is 14.8. The summed E-state index contributed by atoms with van der Waals surface area (Å²) in [5.74, 6) is 0.758. The van der Waals surface area contributed by atoms with E-state index in [9.17, 15) is 13.2 Å². The molecule has 6 nitrogen and oxygen atoms in total. The van der Waals surface area contributed by atoms with Crippen molar-refractivity contribution in [1.82, 2.24) is 0 Å². The van der Waals surface area contributed by atoms with E-state index in [4.69, 9.17) is 4.74 Å². The van der Waals surface area contributed by atoms with Crippen LogP contribution in [0.4, 0.5) is 11.4 Å². The Morgan fingerprint density at radius 3 is 2.32 bits per heavy atom. The molecule has 1 heterocycles. The van der Waals surface area contributed by atoms with E-state index in [2.05, 4.69) is 4.72 Å². The summed E-state index contributed by atoms with van der Waals surface area (Å²) in [7, 11) is -3.69. The highest BCUT2D eigenvalue weighted by Crippen LogP contribution is 2.24. The van der Waals surface area contributed by atoms with Crippen molar-refractivity contribution in [3.63, 3.8) is 0 Å². The second kappa shape index (κ2) is 7.14. The Kier molecular flexibility index (Phi) is 4.94. The molecule has 0 radical (unpaired) electrons. The first kappa shape index (κ1) is 17.3. The summed E-state index contributed by atoms with van der Waals surface area (Å²) in [6.45, 7) is 3.11. The molecule has 3 rings (SSSR count). The first-order chi connectivity index (χ1) is 12.0. The fraction of sp³-hybridized carbons (Fsp3) is 0.278. The molecular weight excluding hydrogens is 340 g/mol. The van der Waals surface area contributed by atoms with E-state index in [1.54, 1.807) is 41.3 Å². The molecule has 25 heavy (non-hydrogen) atoms. The van der Waals surface area contributed by atoms with Gasteiger partial charge < -0.3 is 9.64 Å². The molecule has 1 amide bonds. The van der Waals surface area contributed by atoms with Gasteiger partial charge in [0.25, 0.3) is 10.0 Å². The topological polar surface area (TPSA) is 75.7 Å². The van der Waals surface area contributed by atoms with Crippen LogP contribution in [0.2, 0.25) is 0 Å². The molecule has 0 atom stereocenters. The highest BCUT2D eigenvalue weighted by Gasteiger charge is 2.22. The van der Waals surface area contributed by atoms with Gasteiger partial charge in [-0.1, -0.05) is 0 Å². The van der Waals surface area contributed by atoms with Crippen molar-refractivity contribution >= 4 is 27.3 Å². The number of hydrogen-bond acceptors (Lipinski definition) is 4. The first-order valence-corrected chi connectivity index (χ1v) is 9.64. The van der Waals surface area contributed by atoms with Gasteiger partial charge in [0.1, 0.15) is 5.75 Å². The molecule has 0 aromatic heterocycles. The Hall–Kier alpha value is -2.54. The third kappa shape index (κ3) is 3.93. The van der Waals surface area contributed by atoms with Crippen LogP contribution in [0, 0.1) is 0 Å². The summed E-state index contributed by atoms with van der Waals surface area (Å²) < 4.78 is 32.8. The van der Waals surface area contributed by atoms with Crippen LogP contribution < -0.4 is 14.4 Å². The molecule has 0 unspecified atom stereocenters. The number of nitrogens with zero attached hydrogens (tertiary/aromatic N) is 1. The van der Waals surface area contributed by atoms with Gasteiger partial charge in [0.2, 0.25) is 5.91 Å². The average Bonchev–Trinajstić information content (AvgIpc) is 3.03. The quantitative estimate of drug-likeness (QED) is 0.859. The van der Waals surface area contributed by atoms with E-state index in [1.165, 1.54) is 12.1 Å². The molecule has 0 saturated carbocycles. The number of carbonyl (C=O) groups excluding carboxylic acids is 1. The van der Waals surface area contributed by atoms with E-state index >= 15 is 0 Å². The van der Waals surface area contributed by atoms with Crippen LogP contribution in [0.3, 0.4) is 0 Å². The number of benzene rings is 2. The highest BCUT2D eigenvalue weighted by atomic mass is 32.2. The molecule has 0 aliphatic carbocycles. The maximum Gasteiger partial charge on any atom is 0.261 e. The largest absolute Gasteiger partial charge is 0.494 e. The van der Waals surface area contributed by atoms with E-state index in [-0.39, 0.29) is 10.8 Å². The summed E-state index contributed by atoms with van der Waals surface area (Å²) in [6.07, 6.45) is 1.37. The van der Waals surface area contributed by atoms with Gasteiger partial charge in [-0.05, 0) is 61.9 Å². The minimum atomic E-state index is -3.69. The molecule has 1 fully saturated rings. The number of amides is 1. The number of anilines is 2. The third-order valence-electron chi connectivity index (χ3n) is 3.95. The van der Waals surface area contributed by atoms with Gasteiger partial charge in [-0.15, -0.1) is 0 Å². The first-order valence-electron chi connectivity index (χ1n) is 8.16. The van der Waals surface area contributed by atoms with Gasteiger partial charge in [-0.2, -0.15) is 0 Å². The van der Waals surface area contributed by atoms with Gasteiger partial charge in [-0.3, -0.25) is 9.52 Å². The zero-order valence-electron chi connectivity index (χ0n) is 13.9. The normalized spacial score (nSPS) is 14.6. The Morgan fingerprint density at radius 1 is 1.08 bits per heavy atom. The average molecular weight is 360 g/mol. The summed E-state index contributed by atoms with van der Waals surface area (Å²) in [6, 6.07) is 13.1. The van der Waals surface area contributed by atoms with Gasteiger partial charge in [0.05, 0.1) is 11.5 Å². The van der Waals surface area contributed by atoms with Gasteiger partial charge >= 0.3 is 0 Å². The lowest BCUT2D eigenvalue weighted by Gasteiger charge is -2.16. The number of ether oxygens (including phenoxy) is 1. The van der Waals surface area contributed by atoms with Crippen LogP contribution in [-0.4, -0.2) is 27.5 Å². The molecule has 1 saturated heterocycles. The second-order valence-corrected chi connectivity index (χ2v) is 7.39. The fourth-order valence-electron chi connectivity index (χ4n) is 2.73. The van der Waals surface area contributed by atoms with Gasteiger partial charge in [-0.25, -0.2) is 8.42 Å². The maximum atomic E-state index is 12.5. The predicted molar refractivity (Wildman–Crippen MR) is 96.4 cm³/mol. The number of rotatable bonds is 6. The van der Waals surface area contributed by atoms with Crippen LogP contribution >= 0.6 is 0 Å². The second-order valence-electron chi connectivity index (χ2n) is 5.71. The van der Waals surface area contributed by atoms with E-state index in [1.807, 2.05) is 6.92 Å². The molecule has 1 aliphatic heterocycles. The van der Waals surface area contributed by atoms with Crippen molar-refractivity contribution in [3.05, 3.63) is 48.5 Å². The highest BCUT2D eigenvalue weighted by molar-refractivity contribution is 7.92. The molecule has 0 bridgehead atoms. The van der Waals surface area contributed by atoms with Crippen LogP contribution in [-0.2, 0) is 14.8 Å². The third-order valence-corrected chi connectivity index (χ3v) is 5.35. The zero-order chi connectivity index (χ0) is 17.9. The van der Waals surface area contributed by atoms with Crippen molar-refractivity contribution in [1.29, 1.82) is 0 Å². The molecule has 7 heteroatoms. The number of carbonyl (C=O) groups is 1. The number of hydrogen-bond donors (Lipinski definition) is 1. The van der Waals surface area contributed by atoms with Gasteiger partial charge in [0, 0.05) is 24.3 Å².